The van der Waals surface area contributed by atoms with Crippen LogP contribution in [0, 0.1) is 0 Å². The van der Waals surface area contributed by atoms with Crippen molar-refractivity contribution in [3.05, 3.63) is 154 Å². The molecule has 8 nitrogen and oxygen atoms in total. The highest BCUT2D eigenvalue weighted by molar-refractivity contribution is 6.03. The standard InChI is InChI=1S/C21H20O3.C15H17N3O2/c1-23-19-12-8-17(9-13-19)21(22,16-6-4-3-5-7-16)18-10-14-20(24-2)15-11-18;1-2-3-10-18-11-9-13(17-15(18)20)16-14(19)12-7-5-4-6-8-12/h3-15,22H,1-2H3;4-9,11H,2-3,10H2,1H3,(H,16,17,19,20). The quantitative estimate of drug-likeness (QED) is 0.185. The Hall–Kier alpha value is -5.21. The molecule has 0 fully saturated rings. The number of nitrogens with zero attached hydrogens (tertiary/aromatic N) is 2. The maximum absolute atomic E-state index is 11.9. The van der Waals surface area contributed by atoms with Crippen molar-refractivity contribution in [2.75, 3.05) is 19.5 Å². The van der Waals surface area contributed by atoms with E-state index in [9.17, 15) is 14.7 Å². The predicted molar refractivity (Wildman–Crippen MR) is 172 cm³/mol. The van der Waals surface area contributed by atoms with E-state index in [1.807, 2.05) is 84.9 Å². The summed E-state index contributed by atoms with van der Waals surface area (Å²) in [4.78, 5) is 27.6. The molecule has 5 rings (SSSR count). The second kappa shape index (κ2) is 15.3. The Kier molecular flexibility index (Phi) is 11.0. The number of amides is 1. The summed E-state index contributed by atoms with van der Waals surface area (Å²) in [6.07, 6.45) is 3.60. The van der Waals surface area contributed by atoms with E-state index in [0.29, 0.717) is 12.1 Å². The first-order chi connectivity index (χ1) is 21.4. The van der Waals surface area contributed by atoms with Crippen molar-refractivity contribution < 1.29 is 19.4 Å². The molecule has 44 heavy (non-hydrogen) atoms. The van der Waals surface area contributed by atoms with Gasteiger partial charge in [0, 0.05) is 18.3 Å². The van der Waals surface area contributed by atoms with E-state index in [2.05, 4.69) is 17.2 Å². The lowest BCUT2D eigenvalue weighted by atomic mass is 9.80. The van der Waals surface area contributed by atoms with Crippen LogP contribution in [0.2, 0.25) is 0 Å². The molecule has 0 unspecified atom stereocenters. The number of carbonyl (C=O) groups excluding carboxylic acids is 1. The number of benzene rings is 4. The first-order valence-corrected chi connectivity index (χ1v) is 14.4. The molecule has 1 amide bonds. The SMILES string of the molecule is CCCCn1ccc(NC(=O)c2ccccc2)nc1=O.COc1ccc(C(O)(c2ccccc2)c2ccc(OC)cc2)cc1. The molecular formula is C36H37N3O5. The fourth-order valence-corrected chi connectivity index (χ4v) is 4.62. The maximum Gasteiger partial charge on any atom is 0.349 e. The minimum absolute atomic E-state index is 0.274. The summed E-state index contributed by atoms with van der Waals surface area (Å²) >= 11 is 0. The van der Waals surface area contributed by atoms with Gasteiger partial charge in [-0.2, -0.15) is 4.98 Å². The number of anilines is 1. The molecule has 1 heterocycles. The Labute approximate surface area is 257 Å². The number of nitrogens with one attached hydrogen (secondary N) is 1. The second-order valence-corrected chi connectivity index (χ2v) is 10.00. The lowest BCUT2D eigenvalue weighted by Crippen LogP contribution is -2.28. The third-order valence-electron chi connectivity index (χ3n) is 7.11. The number of aromatic nitrogens is 2. The van der Waals surface area contributed by atoms with Crippen molar-refractivity contribution in [2.45, 2.75) is 31.9 Å². The average Bonchev–Trinajstić information content (AvgIpc) is 3.08. The van der Waals surface area contributed by atoms with Crippen molar-refractivity contribution in [2.24, 2.45) is 0 Å². The summed E-state index contributed by atoms with van der Waals surface area (Å²) in [6.45, 7) is 2.71. The topological polar surface area (TPSA) is 103 Å². The van der Waals surface area contributed by atoms with Crippen LogP contribution in [0.3, 0.4) is 0 Å². The minimum atomic E-state index is -1.25. The van der Waals surface area contributed by atoms with Crippen LogP contribution in [-0.2, 0) is 12.1 Å². The Morgan fingerprint density at radius 1 is 0.773 bits per heavy atom. The van der Waals surface area contributed by atoms with Crippen molar-refractivity contribution in [1.29, 1.82) is 0 Å². The van der Waals surface area contributed by atoms with E-state index in [1.165, 1.54) is 0 Å². The molecule has 0 saturated heterocycles. The van der Waals surface area contributed by atoms with E-state index < -0.39 is 5.60 Å². The molecule has 8 heteroatoms. The molecule has 0 aliphatic carbocycles. The van der Waals surface area contributed by atoms with Gasteiger partial charge in [0.25, 0.3) is 5.91 Å². The smallest absolute Gasteiger partial charge is 0.349 e. The zero-order valence-electron chi connectivity index (χ0n) is 25.1. The number of aryl methyl sites for hydroxylation is 1. The van der Waals surface area contributed by atoms with Gasteiger partial charge in [-0.05, 0) is 65.6 Å². The second-order valence-electron chi connectivity index (χ2n) is 10.00. The Morgan fingerprint density at radius 2 is 1.27 bits per heavy atom. The van der Waals surface area contributed by atoms with Gasteiger partial charge < -0.3 is 19.9 Å². The van der Waals surface area contributed by atoms with Gasteiger partial charge >= 0.3 is 5.69 Å². The zero-order chi connectivity index (χ0) is 31.4. The van der Waals surface area contributed by atoms with Crippen LogP contribution in [0.15, 0.2) is 126 Å². The van der Waals surface area contributed by atoms with Crippen LogP contribution in [0.4, 0.5) is 5.82 Å². The van der Waals surface area contributed by atoms with Crippen LogP contribution in [0.1, 0.15) is 46.8 Å². The number of methoxy groups -OCH3 is 2. The number of hydrogen-bond acceptors (Lipinski definition) is 6. The van der Waals surface area contributed by atoms with Crippen molar-refractivity contribution in [3.63, 3.8) is 0 Å². The third-order valence-corrected chi connectivity index (χ3v) is 7.11. The molecule has 0 aliphatic heterocycles. The molecule has 226 valence electrons. The van der Waals surface area contributed by atoms with Crippen LogP contribution >= 0.6 is 0 Å². The lowest BCUT2D eigenvalue weighted by Gasteiger charge is -2.30. The highest BCUT2D eigenvalue weighted by atomic mass is 16.5. The van der Waals surface area contributed by atoms with Gasteiger partial charge in [0.2, 0.25) is 0 Å². The summed E-state index contributed by atoms with van der Waals surface area (Å²) in [5.41, 5.74) is 1.30. The van der Waals surface area contributed by atoms with Gasteiger partial charge in [-0.3, -0.25) is 9.36 Å². The Balaban J connectivity index is 0.000000204. The molecule has 0 saturated carbocycles. The number of rotatable bonds is 10. The summed E-state index contributed by atoms with van der Waals surface area (Å²) in [7, 11) is 3.25. The molecule has 0 atom stereocenters. The highest BCUT2D eigenvalue weighted by Gasteiger charge is 2.33. The normalized spacial score (nSPS) is 10.7. The van der Waals surface area contributed by atoms with E-state index in [0.717, 1.165) is 41.0 Å². The van der Waals surface area contributed by atoms with E-state index in [1.54, 1.807) is 55.3 Å². The largest absolute Gasteiger partial charge is 0.497 e. The van der Waals surface area contributed by atoms with Gasteiger partial charge in [0.05, 0.1) is 14.2 Å². The number of ether oxygens (including phenoxy) is 2. The highest BCUT2D eigenvalue weighted by Crippen LogP contribution is 2.37. The number of carbonyl (C=O) groups is 1. The molecule has 4 aromatic carbocycles. The minimum Gasteiger partial charge on any atom is -0.497 e. The van der Waals surface area contributed by atoms with Gasteiger partial charge in [0.1, 0.15) is 22.9 Å². The summed E-state index contributed by atoms with van der Waals surface area (Å²) in [6, 6.07) is 35.0. The molecule has 5 aromatic rings. The first kappa shape index (κ1) is 31.7. The monoisotopic (exact) mass is 591 g/mol. The van der Waals surface area contributed by atoms with E-state index in [-0.39, 0.29) is 17.4 Å². The summed E-state index contributed by atoms with van der Waals surface area (Å²) < 4.78 is 12.0. The molecular weight excluding hydrogens is 554 g/mol. The summed E-state index contributed by atoms with van der Waals surface area (Å²) in [5.74, 6) is 1.51. The maximum atomic E-state index is 11.9. The van der Waals surface area contributed by atoms with E-state index in [4.69, 9.17) is 9.47 Å². The van der Waals surface area contributed by atoms with Gasteiger partial charge in [-0.15, -0.1) is 0 Å². The number of hydrogen-bond donors (Lipinski definition) is 2. The van der Waals surface area contributed by atoms with Crippen LogP contribution < -0.4 is 20.5 Å². The molecule has 0 radical (unpaired) electrons. The third kappa shape index (κ3) is 7.79. The fourth-order valence-electron chi connectivity index (χ4n) is 4.62. The van der Waals surface area contributed by atoms with Crippen molar-refractivity contribution in [1.82, 2.24) is 9.55 Å². The van der Waals surface area contributed by atoms with Gasteiger partial charge in [0.15, 0.2) is 0 Å². The van der Waals surface area contributed by atoms with Gasteiger partial charge in [-0.25, -0.2) is 4.79 Å². The van der Waals surface area contributed by atoms with Gasteiger partial charge in [-0.1, -0.05) is 86.1 Å². The molecule has 1 aromatic heterocycles. The Bertz CT molecular complexity index is 1620. The Morgan fingerprint density at radius 3 is 1.75 bits per heavy atom. The summed E-state index contributed by atoms with van der Waals surface area (Å²) in [5, 5.41) is 14.3. The van der Waals surface area contributed by atoms with Crippen molar-refractivity contribution >= 4 is 11.7 Å². The molecule has 2 N–H and O–H groups in total. The fraction of sp³-hybridized carbons (Fsp3) is 0.194. The van der Waals surface area contributed by atoms with Crippen LogP contribution in [0.25, 0.3) is 0 Å². The van der Waals surface area contributed by atoms with Crippen LogP contribution in [0.5, 0.6) is 11.5 Å². The number of unbranched alkanes of at least 4 members (excludes halogenated alkanes) is 1. The van der Waals surface area contributed by atoms with Crippen LogP contribution in [-0.4, -0.2) is 34.8 Å². The van der Waals surface area contributed by atoms with Crippen molar-refractivity contribution in [3.8, 4) is 11.5 Å². The molecule has 0 spiro atoms. The molecule has 0 bridgehead atoms. The zero-order valence-corrected chi connectivity index (χ0v) is 25.1. The van der Waals surface area contributed by atoms with E-state index >= 15 is 0 Å². The predicted octanol–water partition coefficient (Wildman–Crippen LogP) is 6.28. The molecule has 0 aliphatic rings. The first-order valence-electron chi connectivity index (χ1n) is 14.4. The average molecular weight is 592 g/mol. The lowest BCUT2D eigenvalue weighted by molar-refractivity contribution is 0.102. The number of aliphatic hydroxyl groups is 1.